The van der Waals surface area contributed by atoms with Crippen LogP contribution < -0.4 is 9.62 Å². The van der Waals surface area contributed by atoms with Gasteiger partial charge in [-0.25, -0.2) is 13.1 Å². The van der Waals surface area contributed by atoms with Gasteiger partial charge < -0.3 is 4.90 Å². The second-order valence-corrected chi connectivity index (χ2v) is 5.88. The molecule has 0 bridgehead atoms. The van der Waals surface area contributed by atoms with E-state index >= 15 is 0 Å². The van der Waals surface area contributed by atoms with Crippen LogP contribution in [-0.2, 0) is 10.0 Å². The maximum Gasteiger partial charge on any atom is 0.293 e. The summed E-state index contributed by atoms with van der Waals surface area (Å²) in [6, 6.07) is 3.92. The van der Waals surface area contributed by atoms with Crippen molar-refractivity contribution in [3.63, 3.8) is 0 Å². The second-order valence-electron chi connectivity index (χ2n) is 3.99. The molecule has 0 saturated carbocycles. The van der Waals surface area contributed by atoms with Crippen LogP contribution in [0.3, 0.4) is 0 Å². The zero-order valence-electron chi connectivity index (χ0n) is 10.2. The molecule has 0 aliphatic carbocycles. The van der Waals surface area contributed by atoms with Crippen molar-refractivity contribution in [2.75, 3.05) is 25.0 Å². The number of nitrogens with zero attached hydrogens (tertiary/aromatic N) is 2. The van der Waals surface area contributed by atoms with E-state index in [1.165, 1.54) is 19.2 Å². The summed E-state index contributed by atoms with van der Waals surface area (Å²) in [6.45, 7) is 1.16. The summed E-state index contributed by atoms with van der Waals surface area (Å²) in [7, 11) is -2.42. The molecule has 19 heavy (non-hydrogen) atoms. The highest BCUT2D eigenvalue weighted by molar-refractivity contribution is 7.89. The molecule has 1 aliphatic heterocycles. The lowest BCUT2D eigenvalue weighted by Gasteiger charge is -2.17. The Bertz CT molecular complexity index is 631. The van der Waals surface area contributed by atoms with E-state index in [2.05, 4.69) is 4.72 Å². The van der Waals surface area contributed by atoms with E-state index < -0.39 is 14.9 Å². The number of hydrogen-bond donors (Lipinski definition) is 1. The summed E-state index contributed by atoms with van der Waals surface area (Å²) in [6.07, 6.45) is 3.81. The predicted octanol–water partition coefficient (Wildman–Crippen LogP) is 0.879. The van der Waals surface area contributed by atoms with E-state index in [0.29, 0.717) is 18.8 Å². The van der Waals surface area contributed by atoms with E-state index in [0.717, 1.165) is 6.07 Å². The summed E-state index contributed by atoms with van der Waals surface area (Å²) in [5.41, 5.74) is 0.213. The van der Waals surface area contributed by atoms with Crippen LogP contribution in [-0.4, -0.2) is 33.5 Å². The SMILES string of the molecule is CNS(=O)(=O)c1ccc(N2CC=CC2)c([N+](=O)[O-])c1. The fourth-order valence-electron chi connectivity index (χ4n) is 1.88. The van der Waals surface area contributed by atoms with Crippen LogP contribution in [0.5, 0.6) is 0 Å². The molecule has 2 rings (SSSR count). The molecular formula is C11H13N3O4S. The van der Waals surface area contributed by atoms with E-state index in [-0.39, 0.29) is 10.6 Å². The van der Waals surface area contributed by atoms with E-state index in [1.54, 1.807) is 4.90 Å². The largest absolute Gasteiger partial charge is 0.359 e. The number of anilines is 1. The van der Waals surface area contributed by atoms with Gasteiger partial charge in [-0.15, -0.1) is 0 Å². The fourth-order valence-corrected chi connectivity index (χ4v) is 2.63. The minimum Gasteiger partial charge on any atom is -0.359 e. The van der Waals surface area contributed by atoms with Gasteiger partial charge in [0.2, 0.25) is 10.0 Å². The lowest BCUT2D eigenvalue weighted by molar-refractivity contribution is -0.384. The van der Waals surface area contributed by atoms with Gasteiger partial charge in [0.15, 0.2) is 0 Å². The quantitative estimate of drug-likeness (QED) is 0.503. The van der Waals surface area contributed by atoms with Crippen molar-refractivity contribution in [1.29, 1.82) is 0 Å². The van der Waals surface area contributed by atoms with Crippen LogP contribution in [0.15, 0.2) is 35.2 Å². The van der Waals surface area contributed by atoms with Gasteiger partial charge in [-0.2, -0.15) is 0 Å². The Labute approximate surface area is 110 Å². The van der Waals surface area contributed by atoms with Gasteiger partial charge in [-0.1, -0.05) is 12.2 Å². The Morgan fingerprint density at radius 3 is 2.47 bits per heavy atom. The molecule has 0 fully saturated rings. The average molecular weight is 283 g/mol. The van der Waals surface area contributed by atoms with E-state index in [1.807, 2.05) is 12.2 Å². The van der Waals surface area contributed by atoms with Gasteiger partial charge >= 0.3 is 0 Å². The fraction of sp³-hybridized carbons (Fsp3) is 0.273. The van der Waals surface area contributed by atoms with Crippen LogP contribution in [0.25, 0.3) is 0 Å². The van der Waals surface area contributed by atoms with Crippen molar-refractivity contribution in [2.45, 2.75) is 4.90 Å². The zero-order valence-corrected chi connectivity index (χ0v) is 11.1. The number of benzene rings is 1. The van der Waals surface area contributed by atoms with E-state index in [4.69, 9.17) is 0 Å². The van der Waals surface area contributed by atoms with Crippen LogP contribution in [0.2, 0.25) is 0 Å². The van der Waals surface area contributed by atoms with Gasteiger partial charge in [0.1, 0.15) is 5.69 Å². The molecule has 0 unspecified atom stereocenters. The van der Waals surface area contributed by atoms with Crippen molar-refractivity contribution < 1.29 is 13.3 Å². The Morgan fingerprint density at radius 2 is 1.95 bits per heavy atom. The maximum atomic E-state index is 11.6. The van der Waals surface area contributed by atoms with Crippen molar-refractivity contribution in [2.24, 2.45) is 0 Å². The molecule has 1 aliphatic rings. The minimum absolute atomic E-state index is 0.113. The summed E-state index contributed by atoms with van der Waals surface area (Å²) in [5.74, 6) is 0. The lowest BCUT2D eigenvalue weighted by Crippen LogP contribution is -2.21. The van der Waals surface area contributed by atoms with Gasteiger partial charge in [-0.3, -0.25) is 10.1 Å². The first-order valence-electron chi connectivity index (χ1n) is 5.57. The first kappa shape index (κ1) is 13.5. The van der Waals surface area contributed by atoms with E-state index in [9.17, 15) is 18.5 Å². The molecule has 0 spiro atoms. The molecule has 0 atom stereocenters. The smallest absolute Gasteiger partial charge is 0.293 e. The average Bonchev–Trinajstić information content (AvgIpc) is 2.91. The van der Waals surface area contributed by atoms with Crippen LogP contribution in [0, 0.1) is 10.1 Å². The van der Waals surface area contributed by atoms with Gasteiger partial charge in [0.25, 0.3) is 5.69 Å². The third kappa shape index (κ3) is 2.59. The topological polar surface area (TPSA) is 92.6 Å². The van der Waals surface area contributed by atoms with Gasteiger partial charge in [0, 0.05) is 19.2 Å². The highest BCUT2D eigenvalue weighted by Crippen LogP contribution is 2.31. The summed E-state index contributed by atoms with van der Waals surface area (Å²) < 4.78 is 25.4. The third-order valence-corrected chi connectivity index (χ3v) is 4.29. The normalized spacial score (nSPS) is 14.9. The number of sulfonamides is 1. The summed E-state index contributed by atoms with van der Waals surface area (Å²) >= 11 is 0. The summed E-state index contributed by atoms with van der Waals surface area (Å²) in [4.78, 5) is 12.2. The number of nitrogens with one attached hydrogen (secondary N) is 1. The Hall–Kier alpha value is -1.93. The molecular weight excluding hydrogens is 270 g/mol. The van der Waals surface area contributed by atoms with Crippen molar-refractivity contribution in [1.82, 2.24) is 4.72 Å². The summed E-state index contributed by atoms with van der Waals surface area (Å²) in [5, 5.41) is 11.1. The molecule has 1 heterocycles. The number of nitro benzene ring substituents is 1. The maximum absolute atomic E-state index is 11.6. The van der Waals surface area contributed by atoms with Crippen LogP contribution in [0.1, 0.15) is 0 Å². The van der Waals surface area contributed by atoms with Gasteiger partial charge in [0.05, 0.1) is 9.82 Å². The lowest BCUT2D eigenvalue weighted by atomic mass is 10.2. The number of nitro groups is 1. The second kappa shape index (κ2) is 4.98. The highest BCUT2D eigenvalue weighted by Gasteiger charge is 2.23. The minimum atomic E-state index is -3.68. The van der Waals surface area contributed by atoms with Crippen molar-refractivity contribution in [3.05, 3.63) is 40.5 Å². The standard InChI is InChI=1S/C11H13N3O4S/c1-12-19(17,18)9-4-5-10(11(8-9)14(15)16)13-6-2-3-7-13/h2-5,8,12H,6-7H2,1H3. The molecule has 8 heteroatoms. The molecule has 7 nitrogen and oxygen atoms in total. The zero-order chi connectivity index (χ0) is 14.0. The molecule has 102 valence electrons. The molecule has 0 aromatic heterocycles. The van der Waals surface area contributed by atoms with Crippen LogP contribution >= 0.6 is 0 Å². The Balaban J connectivity index is 2.50. The molecule has 1 aromatic rings. The Kier molecular flexibility index (Phi) is 3.54. The Morgan fingerprint density at radius 1 is 1.32 bits per heavy atom. The van der Waals surface area contributed by atoms with Gasteiger partial charge in [-0.05, 0) is 19.2 Å². The van der Waals surface area contributed by atoms with Crippen molar-refractivity contribution in [3.8, 4) is 0 Å². The first-order valence-corrected chi connectivity index (χ1v) is 7.06. The first-order chi connectivity index (χ1) is 8.95. The molecule has 1 N–H and O–H groups in total. The molecule has 0 saturated heterocycles. The van der Waals surface area contributed by atoms with Crippen molar-refractivity contribution >= 4 is 21.4 Å². The number of hydrogen-bond acceptors (Lipinski definition) is 5. The van der Waals surface area contributed by atoms with Crippen LogP contribution in [0.4, 0.5) is 11.4 Å². The highest BCUT2D eigenvalue weighted by atomic mass is 32.2. The number of rotatable bonds is 4. The molecule has 0 radical (unpaired) electrons. The predicted molar refractivity (Wildman–Crippen MR) is 70.7 cm³/mol. The molecule has 0 amide bonds. The third-order valence-electron chi connectivity index (χ3n) is 2.88. The monoisotopic (exact) mass is 283 g/mol. The molecule has 1 aromatic carbocycles.